The third-order valence-corrected chi connectivity index (χ3v) is 7.52. The van der Waals surface area contributed by atoms with Gasteiger partial charge >= 0.3 is 0 Å². The molecule has 2 fully saturated rings. The predicted molar refractivity (Wildman–Crippen MR) is 135 cm³/mol. The van der Waals surface area contributed by atoms with E-state index in [4.69, 9.17) is 5.73 Å². The van der Waals surface area contributed by atoms with Gasteiger partial charge in [-0.1, -0.05) is 12.1 Å². The Morgan fingerprint density at radius 1 is 1.09 bits per heavy atom. The third-order valence-electron chi connectivity index (χ3n) is 7.52. The number of rotatable bonds is 6. The Labute approximate surface area is 201 Å². The van der Waals surface area contributed by atoms with Crippen molar-refractivity contribution in [2.45, 2.75) is 45.3 Å². The van der Waals surface area contributed by atoms with E-state index in [1.165, 1.54) is 30.3 Å². The number of piperidine rings is 1. The van der Waals surface area contributed by atoms with Crippen LogP contribution in [0.3, 0.4) is 0 Å². The first-order chi connectivity index (χ1) is 16.2. The number of likely N-dealkylation sites (tertiary alicyclic amines) is 1. The minimum atomic E-state index is -0.633. The molecule has 0 bridgehead atoms. The van der Waals surface area contributed by atoms with Crippen molar-refractivity contribution in [3.63, 3.8) is 0 Å². The number of amides is 1. The molecule has 180 valence electrons. The molecule has 2 aliphatic heterocycles. The van der Waals surface area contributed by atoms with Gasteiger partial charge < -0.3 is 20.3 Å². The maximum atomic E-state index is 11.3. The van der Waals surface area contributed by atoms with Crippen LogP contribution < -0.4 is 10.6 Å². The summed E-state index contributed by atoms with van der Waals surface area (Å²) in [5.41, 5.74) is 8.98. The Hall–Kier alpha value is -2.90. The van der Waals surface area contributed by atoms with Crippen LogP contribution >= 0.6 is 0 Å². The van der Waals surface area contributed by atoms with Crippen LogP contribution in [0.15, 0.2) is 48.8 Å². The monoisotopic (exact) mass is 461 g/mol. The van der Waals surface area contributed by atoms with Gasteiger partial charge in [0.15, 0.2) is 0 Å². The first-order valence-corrected chi connectivity index (χ1v) is 12.2. The summed E-state index contributed by atoms with van der Waals surface area (Å²) in [5.74, 6) is -0.407. The highest BCUT2D eigenvalue weighted by Gasteiger charge is 2.41. The van der Waals surface area contributed by atoms with E-state index >= 15 is 0 Å². The molecular weight excluding hydrogens is 426 g/mol. The zero-order chi connectivity index (χ0) is 23.9. The molecular formula is C27H35N5O2. The van der Waals surface area contributed by atoms with Crippen molar-refractivity contribution in [1.82, 2.24) is 14.5 Å². The SMILES string of the molecule is CC(C)(O)CN1CCC2(CCN(c3ccnc4c3ccn4Cc3ccc(C(N)=O)cc3)CC2)C1. The van der Waals surface area contributed by atoms with Gasteiger partial charge in [0.25, 0.3) is 0 Å². The summed E-state index contributed by atoms with van der Waals surface area (Å²) in [7, 11) is 0. The van der Waals surface area contributed by atoms with Gasteiger partial charge in [-0.25, -0.2) is 4.98 Å². The number of hydrogen-bond acceptors (Lipinski definition) is 5. The van der Waals surface area contributed by atoms with Crippen LogP contribution in [0.2, 0.25) is 0 Å². The lowest BCUT2D eigenvalue weighted by atomic mass is 9.77. The van der Waals surface area contributed by atoms with Gasteiger partial charge in [0, 0.05) is 61.8 Å². The van der Waals surface area contributed by atoms with E-state index < -0.39 is 11.5 Å². The van der Waals surface area contributed by atoms with Crippen molar-refractivity contribution in [2.24, 2.45) is 11.1 Å². The average Bonchev–Trinajstić information content (AvgIpc) is 3.38. The number of nitrogens with zero attached hydrogens (tertiary/aromatic N) is 4. The van der Waals surface area contributed by atoms with Gasteiger partial charge in [0.1, 0.15) is 5.65 Å². The molecule has 2 aliphatic rings. The van der Waals surface area contributed by atoms with E-state index in [9.17, 15) is 9.90 Å². The molecule has 4 heterocycles. The third kappa shape index (κ3) is 4.68. The normalized spacial score (nSPS) is 18.7. The second kappa shape index (κ2) is 8.71. The van der Waals surface area contributed by atoms with Crippen LogP contribution in [-0.2, 0) is 6.54 Å². The summed E-state index contributed by atoms with van der Waals surface area (Å²) in [6.45, 7) is 9.54. The summed E-state index contributed by atoms with van der Waals surface area (Å²) in [6.07, 6.45) is 7.61. The number of aromatic nitrogens is 2. The predicted octanol–water partition coefficient (Wildman–Crippen LogP) is 3.25. The molecule has 2 saturated heterocycles. The number of fused-ring (bicyclic) bond motifs is 1. The molecule has 0 unspecified atom stereocenters. The van der Waals surface area contributed by atoms with Crippen molar-refractivity contribution in [3.8, 4) is 0 Å². The minimum absolute atomic E-state index is 0.386. The lowest BCUT2D eigenvalue weighted by Gasteiger charge is -2.41. The molecule has 0 aliphatic carbocycles. The highest BCUT2D eigenvalue weighted by atomic mass is 16.3. The van der Waals surface area contributed by atoms with Gasteiger partial charge in [-0.05, 0) is 74.9 Å². The molecule has 0 atom stereocenters. The van der Waals surface area contributed by atoms with Gasteiger partial charge in [-0.15, -0.1) is 0 Å². The first kappa shape index (κ1) is 22.9. The molecule has 1 amide bonds. The highest BCUT2D eigenvalue weighted by Crippen LogP contribution is 2.42. The number of β-amino-alcohol motifs (C(OH)–C–C–N with tert-alkyl or cyclic N) is 1. The van der Waals surface area contributed by atoms with E-state index in [2.05, 4.69) is 37.7 Å². The maximum Gasteiger partial charge on any atom is 0.248 e. The van der Waals surface area contributed by atoms with Crippen molar-refractivity contribution >= 4 is 22.6 Å². The fraction of sp³-hybridized carbons (Fsp3) is 0.481. The number of nitrogens with two attached hydrogens (primary N) is 1. The van der Waals surface area contributed by atoms with Crippen LogP contribution in [0.5, 0.6) is 0 Å². The van der Waals surface area contributed by atoms with Crippen molar-refractivity contribution in [1.29, 1.82) is 0 Å². The molecule has 7 nitrogen and oxygen atoms in total. The standard InChI is InChI=1S/C27H35N5O2/c1-26(2,34)18-30-14-9-27(19-30)10-15-31(16-11-27)23-7-12-29-25-22(23)8-13-32(25)17-20-3-5-21(6-4-20)24(28)33/h3-8,12-13,34H,9-11,14-19H2,1-2H3,(H2,28,33). The second-order valence-electron chi connectivity index (χ2n) is 10.8. The maximum absolute atomic E-state index is 11.3. The zero-order valence-corrected chi connectivity index (χ0v) is 20.2. The van der Waals surface area contributed by atoms with E-state index in [1.807, 2.05) is 32.2 Å². The molecule has 3 aromatic rings. The zero-order valence-electron chi connectivity index (χ0n) is 20.2. The highest BCUT2D eigenvalue weighted by molar-refractivity contribution is 5.92. The molecule has 0 radical (unpaired) electrons. The van der Waals surface area contributed by atoms with Gasteiger partial charge in [-0.3, -0.25) is 9.69 Å². The fourth-order valence-corrected chi connectivity index (χ4v) is 5.79. The number of pyridine rings is 1. The van der Waals surface area contributed by atoms with Gasteiger partial charge in [0.2, 0.25) is 5.91 Å². The van der Waals surface area contributed by atoms with Gasteiger partial charge in [0.05, 0.1) is 5.60 Å². The van der Waals surface area contributed by atoms with Crippen LogP contribution in [-0.4, -0.2) is 63.8 Å². The minimum Gasteiger partial charge on any atom is -0.389 e. The van der Waals surface area contributed by atoms with Crippen LogP contribution in [0, 0.1) is 5.41 Å². The smallest absolute Gasteiger partial charge is 0.248 e. The number of anilines is 1. The van der Waals surface area contributed by atoms with Crippen LogP contribution in [0.1, 0.15) is 49.0 Å². The van der Waals surface area contributed by atoms with Crippen molar-refractivity contribution in [2.75, 3.05) is 37.6 Å². The number of hydrogen-bond donors (Lipinski definition) is 2. The summed E-state index contributed by atoms with van der Waals surface area (Å²) >= 11 is 0. The second-order valence-corrected chi connectivity index (χ2v) is 10.8. The quantitative estimate of drug-likeness (QED) is 0.588. The van der Waals surface area contributed by atoms with E-state index in [0.717, 1.165) is 43.9 Å². The summed E-state index contributed by atoms with van der Waals surface area (Å²) in [6, 6.07) is 11.8. The summed E-state index contributed by atoms with van der Waals surface area (Å²) in [4.78, 5) is 21.0. The lowest BCUT2D eigenvalue weighted by Crippen LogP contribution is -2.43. The Morgan fingerprint density at radius 3 is 2.47 bits per heavy atom. The molecule has 5 rings (SSSR count). The number of primary amides is 1. The Bertz CT molecular complexity index is 1170. The largest absolute Gasteiger partial charge is 0.389 e. The Kier molecular flexibility index (Phi) is 5.86. The molecule has 1 spiro atoms. The van der Waals surface area contributed by atoms with Crippen molar-refractivity contribution < 1.29 is 9.90 Å². The number of benzene rings is 1. The topological polar surface area (TPSA) is 87.6 Å². The van der Waals surface area contributed by atoms with Gasteiger partial charge in [-0.2, -0.15) is 0 Å². The Morgan fingerprint density at radius 2 is 1.79 bits per heavy atom. The van der Waals surface area contributed by atoms with Crippen LogP contribution in [0.4, 0.5) is 5.69 Å². The molecule has 2 aromatic heterocycles. The molecule has 7 heteroatoms. The molecule has 0 saturated carbocycles. The van der Waals surface area contributed by atoms with Crippen LogP contribution in [0.25, 0.3) is 11.0 Å². The molecule has 34 heavy (non-hydrogen) atoms. The number of carbonyl (C=O) groups is 1. The average molecular weight is 462 g/mol. The van der Waals surface area contributed by atoms with E-state index in [-0.39, 0.29) is 0 Å². The molecule has 1 aromatic carbocycles. The summed E-state index contributed by atoms with van der Waals surface area (Å²) in [5, 5.41) is 11.4. The summed E-state index contributed by atoms with van der Waals surface area (Å²) < 4.78 is 2.16. The Balaban J connectivity index is 1.28. The van der Waals surface area contributed by atoms with E-state index in [1.54, 1.807) is 12.1 Å². The van der Waals surface area contributed by atoms with Crippen molar-refractivity contribution in [3.05, 3.63) is 59.9 Å². The van der Waals surface area contributed by atoms with E-state index in [0.29, 0.717) is 17.5 Å². The first-order valence-electron chi connectivity index (χ1n) is 12.2. The lowest BCUT2D eigenvalue weighted by molar-refractivity contribution is 0.0390. The fourth-order valence-electron chi connectivity index (χ4n) is 5.79. The number of carbonyl (C=O) groups excluding carboxylic acids is 1. The number of aliphatic hydroxyl groups is 1. The molecule has 3 N–H and O–H groups in total.